The van der Waals surface area contributed by atoms with E-state index in [1.807, 2.05) is 53.4 Å². The molecule has 6 heteroatoms. The molecule has 2 aromatic heterocycles. The number of hydrogen-bond acceptors (Lipinski definition) is 4. The highest BCUT2D eigenvalue weighted by molar-refractivity contribution is 5.93. The fourth-order valence-corrected chi connectivity index (χ4v) is 3.32. The number of nitrogens with one attached hydrogen (secondary N) is 1. The summed E-state index contributed by atoms with van der Waals surface area (Å²) < 4.78 is 5.75. The molecule has 1 aromatic carbocycles. The third-order valence-electron chi connectivity index (χ3n) is 4.71. The maximum atomic E-state index is 13.2. The third kappa shape index (κ3) is 4.23. The first-order chi connectivity index (χ1) is 13.3. The molecule has 1 atom stereocenters. The summed E-state index contributed by atoms with van der Waals surface area (Å²) in [6.07, 6.45) is 5.63. The summed E-state index contributed by atoms with van der Waals surface area (Å²) in [5, 5.41) is 7.21. The second-order valence-corrected chi connectivity index (χ2v) is 6.71. The van der Waals surface area contributed by atoms with Crippen LogP contribution in [0.4, 0.5) is 0 Å². The van der Waals surface area contributed by atoms with Crippen LogP contribution in [-0.2, 0) is 11.3 Å². The lowest BCUT2D eigenvalue weighted by Crippen LogP contribution is -2.37. The van der Waals surface area contributed by atoms with E-state index in [0.717, 1.165) is 36.3 Å². The highest BCUT2D eigenvalue weighted by Crippen LogP contribution is 2.20. The second kappa shape index (κ2) is 8.14. The molecule has 1 unspecified atom stereocenters. The van der Waals surface area contributed by atoms with Gasteiger partial charge >= 0.3 is 0 Å². The number of carbonyl (C=O) groups is 1. The standard InChI is InChI=1S/C21H22N4O2/c26-21(20-12-19(23-24-20)17-7-2-1-3-8-17)25(15-18-9-5-11-27-18)14-16-6-4-10-22-13-16/h1-4,6-8,10,12-13,18H,5,9,11,14-15H2,(H,23,24). The van der Waals surface area contributed by atoms with Crippen LogP contribution in [0.25, 0.3) is 11.3 Å². The van der Waals surface area contributed by atoms with Gasteiger partial charge in [0.15, 0.2) is 0 Å². The topological polar surface area (TPSA) is 71.1 Å². The summed E-state index contributed by atoms with van der Waals surface area (Å²) in [7, 11) is 0. The lowest BCUT2D eigenvalue weighted by Gasteiger charge is -2.25. The molecule has 1 N–H and O–H groups in total. The molecule has 138 valence electrons. The fourth-order valence-electron chi connectivity index (χ4n) is 3.32. The lowest BCUT2D eigenvalue weighted by atomic mass is 10.1. The Balaban J connectivity index is 1.55. The summed E-state index contributed by atoms with van der Waals surface area (Å²) in [6, 6.07) is 15.5. The van der Waals surface area contributed by atoms with Crippen molar-refractivity contribution in [3.05, 3.63) is 72.2 Å². The van der Waals surface area contributed by atoms with Crippen LogP contribution in [0.2, 0.25) is 0 Å². The summed E-state index contributed by atoms with van der Waals surface area (Å²) in [5.41, 5.74) is 3.21. The van der Waals surface area contributed by atoms with Crippen LogP contribution >= 0.6 is 0 Å². The van der Waals surface area contributed by atoms with E-state index in [2.05, 4.69) is 15.2 Å². The van der Waals surface area contributed by atoms with Crippen LogP contribution in [0.15, 0.2) is 60.9 Å². The zero-order valence-electron chi connectivity index (χ0n) is 15.0. The van der Waals surface area contributed by atoms with Gasteiger partial charge in [-0.2, -0.15) is 5.10 Å². The van der Waals surface area contributed by atoms with Gasteiger partial charge in [0.25, 0.3) is 5.91 Å². The van der Waals surface area contributed by atoms with Gasteiger partial charge in [-0.3, -0.25) is 14.9 Å². The molecule has 27 heavy (non-hydrogen) atoms. The van der Waals surface area contributed by atoms with Crippen LogP contribution < -0.4 is 0 Å². The molecular formula is C21H22N4O2. The van der Waals surface area contributed by atoms with Crippen molar-refractivity contribution < 1.29 is 9.53 Å². The van der Waals surface area contributed by atoms with Crippen LogP contribution in [0, 0.1) is 0 Å². The van der Waals surface area contributed by atoms with E-state index < -0.39 is 0 Å². The van der Waals surface area contributed by atoms with Crippen molar-refractivity contribution in [2.75, 3.05) is 13.2 Å². The summed E-state index contributed by atoms with van der Waals surface area (Å²) in [5.74, 6) is -0.0796. The van der Waals surface area contributed by atoms with Crippen LogP contribution in [0.1, 0.15) is 28.9 Å². The molecule has 1 saturated heterocycles. The number of aromatic nitrogens is 3. The molecule has 1 amide bonds. The van der Waals surface area contributed by atoms with Crippen molar-refractivity contribution in [2.45, 2.75) is 25.5 Å². The number of H-pyrrole nitrogens is 1. The molecule has 0 radical (unpaired) electrons. The molecule has 1 aliphatic rings. The first kappa shape index (κ1) is 17.4. The normalized spacial score (nSPS) is 16.4. The first-order valence-corrected chi connectivity index (χ1v) is 9.20. The fraction of sp³-hybridized carbons (Fsp3) is 0.286. The van der Waals surface area contributed by atoms with E-state index in [-0.39, 0.29) is 12.0 Å². The molecule has 0 saturated carbocycles. The first-order valence-electron chi connectivity index (χ1n) is 9.20. The van der Waals surface area contributed by atoms with Crippen molar-refractivity contribution in [2.24, 2.45) is 0 Å². The molecule has 3 heterocycles. The van der Waals surface area contributed by atoms with Gasteiger partial charge in [-0.25, -0.2) is 0 Å². The Kier molecular flexibility index (Phi) is 5.25. The van der Waals surface area contributed by atoms with E-state index in [0.29, 0.717) is 18.8 Å². The predicted molar refractivity (Wildman–Crippen MR) is 102 cm³/mol. The zero-order chi connectivity index (χ0) is 18.5. The Labute approximate surface area is 158 Å². The molecular weight excluding hydrogens is 340 g/mol. The Morgan fingerprint density at radius 1 is 1.22 bits per heavy atom. The van der Waals surface area contributed by atoms with Crippen LogP contribution in [-0.4, -0.2) is 45.2 Å². The minimum atomic E-state index is -0.0796. The van der Waals surface area contributed by atoms with Gasteiger partial charge in [0.1, 0.15) is 5.69 Å². The van der Waals surface area contributed by atoms with Gasteiger partial charge in [-0.1, -0.05) is 36.4 Å². The Morgan fingerprint density at radius 2 is 2.11 bits per heavy atom. The van der Waals surface area contributed by atoms with Gasteiger partial charge in [-0.05, 0) is 30.5 Å². The average molecular weight is 362 g/mol. The summed E-state index contributed by atoms with van der Waals surface area (Å²) in [6.45, 7) is 1.82. The van der Waals surface area contributed by atoms with Gasteiger partial charge in [0.2, 0.25) is 0 Å². The monoisotopic (exact) mass is 362 g/mol. The minimum absolute atomic E-state index is 0.0796. The van der Waals surface area contributed by atoms with Crippen molar-refractivity contribution in [1.29, 1.82) is 0 Å². The van der Waals surface area contributed by atoms with E-state index in [4.69, 9.17) is 4.74 Å². The SMILES string of the molecule is O=C(c1cc(-c2ccccc2)n[nH]1)N(Cc1cccnc1)CC1CCCO1. The van der Waals surface area contributed by atoms with Gasteiger partial charge in [0, 0.05) is 37.7 Å². The molecule has 1 fully saturated rings. The maximum absolute atomic E-state index is 13.2. The number of carbonyl (C=O) groups excluding carboxylic acids is 1. The van der Waals surface area contributed by atoms with E-state index in [1.165, 1.54) is 0 Å². The van der Waals surface area contributed by atoms with Gasteiger partial charge in [-0.15, -0.1) is 0 Å². The molecule has 6 nitrogen and oxygen atoms in total. The molecule has 3 aromatic rings. The lowest BCUT2D eigenvalue weighted by molar-refractivity contribution is 0.0502. The number of amides is 1. The van der Waals surface area contributed by atoms with E-state index >= 15 is 0 Å². The van der Waals surface area contributed by atoms with Gasteiger partial charge < -0.3 is 9.64 Å². The van der Waals surface area contributed by atoms with Crippen molar-refractivity contribution >= 4 is 5.91 Å². The molecule has 0 bridgehead atoms. The largest absolute Gasteiger partial charge is 0.376 e. The van der Waals surface area contributed by atoms with Crippen molar-refractivity contribution in [3.63, 3.8) is 0 Å². The van der Waals surface area contributed by atoms with Crippen LogP contribution in [0.5, 0.6) is 0 Å². The smallest absolute Gasteiger partial charge is 0.272 e. The van der Waals surface area contributed by atoms with Crippen molar-refractivity contribution in [1.82, 2.24) is 20.1 Å². The second-order valence-electron chi connectivity index (χ2n) is 6.71. The third-order valence-corrected chi connectivity index (χ3v) is 4.71. The number of nitrogens with zero attached hydrogens (tertiary/aromatic N) is 3. The number of hydrogen-bond donors (Lipinski definition) is 1. The zero-order valence-corrected chi connectivity index (χ0v) is 15.0. The highest BCUT2D eigenvalue weighted by Gasteiger charge is 2.25. The molecule has 1 aliphatic heterocycles. The van der Waals surface area contributed by atoms with E-state index in [9.17, 15) is 4.79 Å². The molecule has 4 rings (SSSR count). The van der Waals surface area contributed by atoms with Gasteiger partial charge in [0.05, 0.1) is 11.8 Å². The Hall–Kier alpha value is -2.99. The van der Waals surface area contributed by atoms with Crippen molar-refractivity contribution in [3.8, 4) is 11.3 Å². The Morgan fingerprint density at radius 3 is 2.85 bits per heavy atom. The summed E-state index contributed by atoms with van der Waals surface area (Å²) >= 11 is 0. The number of benzene rings is 1. The average Bonchev–Trinajstić information content (AvgIpc) is 3.41. The molecule has 0 spiro atoms. The Bertz CT molecular complexity index is 873. The molecule has 0 aliphatic carbocycles. The quantitative estimate of drug-likeness (QED) is 0.730. The predicted octanol–water partition coefficient (Wildman–Crippen LogP) is 3.29. The number of aromatic amines is 1. The van der Waals surface area contributed by atoms with Crippen LogP contribution in [0.3, 0.4) is 0 Å². The van der Waals surface area contributed by atoms with E-state index in [1.54, 1.807) is 12.4 Å². The minimum Gasteiger partial charge on any atom is -0.376 e. The maximum Gasteiger partial charge on any atom is 0.272 e. The number of rotatable bonds is 6. The summed E-state index contributed by atoms with van der Waals surface area (Å²) in [4.78, 5) is 19.1. The number of ether oxygens (including phenoxy) is 1. The highest BCUT2D eigenvalue weighted by atomic mass is 16.5. The number of pyridine rings is 1.